The molecule has 4 rings (SSSR count). The van der Waals surface area contributed by atoms with E-state index in [1.165, 1.54) is 4.31 Å². The van der Waals surface area contributed by atoms with Crippen LogP contribution in [0.5, 0.6) is 0 Å². The van der Waals surface area contributed by atoms with Crippen LogP contribution in [0.25, 0.3) is 17.8 Å². The SMILES string of the molecule is C=C1CN(S(=O)(=O)c2ccc(C)cc2)Cc2c(/C=C/c3ccccc3)nnn21. The Balaban J connectivity index is 1.66. The summed E-state index contributed by atoms with van der Waals surface area (Å²) in [4.78, 5) is 0.271. The second-order valence-electron chi connectivity index (χ2n) is 6.73. The molecule has 142 valence electrons. The summed E-state index contributed by atoms with van der Waals surface area (Å²) in [5.74, 6) is 0. The van der Waals surface area contributed by atoms with Crippen molar-refractivity contribution >= 4 is 27.9 Å². The zero-order valence-electron chi connectivity index (χ0n) is 15.5. The van der Waals surface area contributed by atoms with Crippen molar-refractivity contribution in [3.63, 3.8) is 0 Å². The van der Waals surface area contributed by atoms with E-state index in [0.29, 0.717) is 17.1 Å². The van der Waals surface area contributed by atoms with Crippen LogP contribution in [0.1, 0.15) is 22.5 Å². The normalized spacial score (nSPS) is 15.1. The molecule has 1 aliphatic rings. The first kappa shape index (κ1) is 18.3. The van der Waals surface area contributed by atoms with Crippen LogP contribution in [0.4, 0.5) is 0 Å². The number of aryl methyl sites for hydroxylation is 1. The smallest absolute Gasteiger partial charge is 0.219 e. The van der Waals surface area contributed by atoms with Crippen LogP contribution in [0.15, 0.2) is 66.1 Å². The molecule has 0 aliphatic carbocycles. The van der Waals surface area contributed by atoms with Crippen LogP contribution in [0.3, 0.4) is 0 Å². The Morgan fingerprint density at radius 2 is 1.71 bits per heavy atom. The number of sulfonamides is 1. The number of aromatic nitrogens is 3. The van der Waals surface area contributed by atoms with Gasteiger partial charge in [0.1, 0.15) is 5.69 Å². The van der Waals surface area contributed by atoms with E-state index in [-0.39, 0.29) is 18.0 Å². The van der Waals surface area contributed by atoms with E-state index in [1.807, 2.05) is 49.4 Å². The molecule has 2 heterocycles. The lowest BCUT2D eigenvalue weighted by Crippen LogP contribution is -2.37. The summed E-state index contributed by atoms with van der Waals surface area (Å²) >= 11 is 0. The summed E-state index contributed by atoms with van der Waals surface area (Å²) in [6, 6.07) is 16.7. The fourth-order valence-corrected chi connectivity index (χ4v) is 4.50. The van der Waals surface area contributed by atoms with Gasteiger partial charge in [0.05, 0.1) is 29.4 Å². The zero-order valence-corrected chi connectivity index (χ0v) is 16.3. The fraction of sp³-hybridized carbons (Fsp3) is 0.143. The van der Waals surface area contributed by atoms with Crippen molar-refractivity contribution in [3.05, 3.63) is 83.7 Å². The Kier molecular flexibility index (Phi) is 4.70. The van der Waals surface area contributed by atoms with E-state index in [9.17, 15) is 8.42 Å². The molecule has 0 radical (unpaired) electrons. The van der Waals surface area contributed by atoms with E-state index in [2.05, 4.69) is 16.9 Å². The third-order valence-electron chi connectivity index (χ3n) is 4.67. The number of hydrogen-bond donors (Lipinski definition) is 0. The number of fused-ring (bicyclic) bond motifs is 1. The van der Waals surface area contributed by atoms with Gasteiger partial charge in [-0.3, -0.25) is 0 Å². The average molecular weight is 392 g/mol. The summed E-state index contributed by atoms with van der Waals surface area (Å²) in [5.41, 5.74) is 3.96. The van der Waals surface area contributed by atoms with Gasteiger partial charge in [0.2, 0.25) is 10.0 Å². The van der Waals surface area contributed by atoms with E-state index < -0.39 is 10.0 Å². The van der Waals surface area contributed by atoms with Gasteiger partial charge in [0, 0.05) is 0 Å². The van der Waals surface area contributed by atoms with Crippen LogP contribution >= 0.6 is 0 Å². The molecule has 0 bridgehead atoms. The number of hydrogen-bond acceptors (Lipinski definition) is 4. The third kappa shape index (κ3) is 3.42. The van der Waals surface area contributed by atoms with Crippen molar-refractivity contribution in [1.82, 2.24) is 19.3 Å². The van der Waals surface area contributed by atoms with Crippen molar-refractivity contribution in [3.8, 4) is 0 Å². The molecule has 2 aromatic carbocycles. The number of nitrogens with zero attached hydrogens (tertiary/aromatic N) is 4. The molecular weight excluding hydrogens is 372 g/mol. The standard InChI is InChI=1S/C21H20N4O2S/c1-16-8-11-19(12-9-16)28(26,27)24-14-17(2)25-21(15-24)20(22-23-25)13-10-18-6-4-3-5-7-18/h3-13H,2,14-15H2,1H3/b13-10+. The van der Waals surface area contributed by atoms with Gasteiger partial charge >= 0.3 is 0 Å². The van der Waals surface area contributed by atoms with Crippen molar-refractivity contribution < 1.29 is 8.42 Å². The van der Waals surface area contributed by atoms with E-state index in [4.69, 9.17) is 0 Å². The van der Waals surface area contributed by atoms with Gasteiger partial charge in [-0.2, -0.15) is 4.31 Å². The minimum atomic E-state index is -3.64. The Labute approximate surface area is 164 Å². The molecule has 0 spiro atoms. The highest BCUT2D eigenvalue weighted by molar-refractivity contribution is 7.89. The molecule has 1 aromatic heterocycles. The maximum Gasteiger partial charge on any atom is 0.243 e. The average Bonchev–Trinajstić information content (AvgIpc) is 3.11. The molecule has 0 atom stereocenters. The van der Waals surface area contributed by atoms with E-state index >= 15 is 0 Å². The van der Waals surface area contributed by atoms with E-state index in [0.717, 1.165) is 11.1 Å². The second-order valence-corrected chi connectivity index (χ2v) is 8.67. The molecule has 3 aromatic rings. The van der Waals surface area contributed by atoms with Gasteiger partial charge in [0.15, 0.2) is 0 Å². The number of benzene rings is 2. The molecule has 0 N–H and O–H groups in total. The van der Waals surface area contributed by atoms with Crippen LogP contribution in [0.2, 0.25) is 0 Å². The van der Waals surface area contributed by atoms with Crippen LogP contribution in [0, 0.1) is 6.92 Å². The Hall–Kier alpha value is -3.03. The highest BCUT2D eigenvalue weighted by Crippen LogP contribution is 2.27. The first-order valence-electron chi connectivity index (χ1n) is 8.88. The lowest BCUT2D eigenvalue weighted by molar-refractivity contribution is 0.407. The predicted octanol–water partition coefficient (Wildman–Crippen LogP) is 3.43. The maximum atomic E-state index is 13.1. The van der Waals surface area contributed by atoms with Gasteiger partial charge in [-0.25, -0.2) is 13.1 Å². The van der Waals surface area contributed by atoms with Gasteiger partial charge in [-0.15, -0.1) is 5.10 Å². The van der Waals surface area contributed by atoms with Crippen molar-refractivity contribution in [2.45, 2.75) is 18.4 Å². The highest BCUT2D eigenvalue weighted by atomic mass is 32.2. The molecule has 6 nitrogen and oxygen atoms in total. The lowest BCUT2D eigenvalue weighted by Gasteiger charge is -2.28. The Morgan fingerprint density at radius 1 is 1.00 bits per heavy atom. The predicted molar refractivity (Wildman–Crippen MR) is 109 cm³/mol. The van der Waals surface area contributed by atoms with Crippen LogP contribution < -0.4 is 0 Å². The van der Waals surface area contributed by atoms with Crippen molar-refractivity contribution in [2.75, 3.05) is 6.54 Å². The van der Waals surface area contributed by atoms with Gasteiger partial charge in [-0.05, 0) is 30.7 Å². The van der Waals surface area contributed by atoms with Crippen LogP contribution in [-0.4, -0.2) is 34.3 Å². The molecule has 0 fully saturated rings. The van der Waals surface area contributed by atoms with Crippen molar-refractivity contribution in [1.29, 1.82) is 0 Å². The largest absolute Gasteiger partial charge is 0.243 e. The summed E-state index contributed by atoms with van der Waals surface area (Å²) in [6.07, 6.45) is 3.78. The molecule has 7 heteroatoms. The third-order valence-corrected chi connectivity index (χ3v) is 6.48. The monoisotopic (exact) mass is 392 g/mol. The summed E-state index contributed by atoms with van der Waals surface area (Å²) in [5, 5.41) is 8.35. The van der Waals surface area contributed by atoms with Gasteiger partial charge in [0.25, 0.3) is 0 Å². The zero-order chi connectivity index (χ0) is 19.7. The fourth-order valence-electron chi connectivity index (χ4n) is 3.11. The van der Waals surface area contributed by atoms with E-state index in [1.54, 1.807) is 28.9 Å². The topological polar surface area (TPSA) is 68.1 Å². The van der Waals surface area contributed by atoms with Crippen LogP contribution in [-0.2, 0) is 16.6 Å². The first-order valence-corrected chi connectivity index (χ1v) is 10.3. The second kappa shape index (κ2) is 7.18. The lowest BCUT2D eigenvalue weighted by atomic mass is 10.2. The van der Waals surface area contributed by atoms with Gasteiger partial charge in [-0.1, -0.05) is 65.9 Å². The highest BCUT2D eigenvalue weighted by Gasteiger charge is 2.32. The number of rotatable bonds is 4. The molecule has 0 unspecified atom stereocenters. The molecule has 0 amide bonds. The minimum absolute atomic E-state index is 0.175. The maximum absolute atomic E-state index is 13.1. The molecule has 1 aliphatic heterocycles. The minimum Gasteiger partial charge on any atom is -0.219 e. The molecular formula is C21H20N4O2S. The summed E-state index contributed by atoms with van der Waals surface area (Å²) in [7, 11) is -3.64. The Morgan fingerprint density at radius 3 is 2.43 bits per heavy atom. The Bertz CT molecular complexity index is 1150. The van der Waals surface area contributed by atoms with Gasteiger partial charge < -0.3 is 0 Å². The van der Waals surface area contributed by atoms with Crippen molar-refractivity contribution in [2.24, 2.45) is 0 Å². The molecule has 28 heavy (non-hydrogen) atoms. The summed E-state index contributed by atoms with van der Waals surface area (Å²) < 4.78 is 29.2. The quantitative estimate of drug-likeness (QED) is 0.682. The summed E-state index contributed by atoms with van der Waals surface area (Å²) in [6.45, 7) is 6.28. The first-order chi connectivity index (χ1) is 13.4. The molecule has 0 saturated carbocycles. The molecule has 0 saturated heterocycles.